The Labute approximate surface area is 167 Å². The summed E-state index contributed by atoms with van der Waals surface area (Å²) in [6.07, 6.45) is 6.72. The number of carbonyl (C=O) groups is 1. The van der Waals surface area contributed by atoms with Gasteiger partial charge in [0.2, 0.25) is 10.0 Å². The maximum absolute atomic E-state index is 12.9. The van der Waals surface area contributed by atoms with E-state index in [0.717, 1.165) is 35.0 Å². The number of fused-ring (bicyclic) bond motifs is 1. The maximum Gasteiger partial charge on any atom is 0.259 e. The highest BCUT2D eigenvalue weighted by Crippen LogP contribution is 2.32. The third-order valence-corrected chi connectivity index (χ3v) is 7.42. The number of amides is 1. The summed E-state index contributed by atoms with van der Waals surface area (Å²) in [6.45, 7) is 1.70. The van der Waals surface area contributed by atoms with Crippen LogP contribution in [0, 0.1) is 0 Å². The largest absolute Gasteiger partial charge is 0.308 e. The van der Waals surface area contributed by atoms with Crippen molar-refractivity contribution in [2.45, 2.75) is 30.6 Å². The SMILES string of the molecule is O=C(c1cncc(Br)c1)N1CCc2cc(S(=O)(=O)N3CCCCC3)ccc21. The number of hydrogen-bond acceptors (Lipinski definition) is 4. The van der Waals surface area contributed by atoms with E-state index in [0.29, 0.717) is 36.5 Å². The van der Waals surface area contributed by atoms with Crippen LogP contribution in [0.25, 0.3) is 0 Å². The molecule has 0 aliphatic carbocycles. The second kappa shape index (κ2) is 7.33. The van der Waals surface area contributed by atoms with Crippen LogP contribution in [-0.2, 0) is 16.4 Å². The highest BCUT2D eigenvalue weighted by atomic mass is 79.9. The van der Waals surface area contributed by atoms with Crippen LogP contribution < -0.4 is 4.90 Å². The second-order valence-electron chi connectivity index (χ2n) is 6.85. The molecule has 2 aliphatic rings. The molecule has 0 spiro atoms. The zero-order valence-corrected chi connectivity index (χ0v) is 17.2. The van der Waals surface area contributed by atoms with Crippen molar-refractivity contribution >= 4 is 37.5 Å². The lowest BCUT2D eigenvalue weighted by Crippen LogP contribution is -2.35. The summed E-state index contributed by atoms with van der Waals surface area (Å²) in [5, 5.41) is 0. The number of sulfonamides is 1. The number of piperidine rings is 1. The van der Waals surface area contributed by atoms with Gasteiger partial charge in [0, 0.05) is 42.2 Å². The van der Waals surface area contributed by atoms with Gasteiger partial charge in [-0.05, 0) is 65.0 Å². The van der Waals surface area contributed by atoms with E-state index >= 15 is 0 Å². The number of carbonyl (C=O) groups excluding carboxylic acids is 1. The van der Waals surface area contributed by atoms with Gasteiger partial charge < -0.3 is 4.90 Å². The minimum absolute atomic E-state index is 0.130. The van der Waals surface area contributed by atoms with E-state index < -0.39 is 10.0 Å². The third-order valence-electron chi connectivity index (χ3n) is 5.10. The molecule has 6 nitrogen and oxygen atoms in total. The number of nitrogens with zero attached hydrogens (tertiary/aromatic N) is 3. The molecule has 3 heterocycles. The van der Waals surface area contributed by atoms with Gasteiger partial charge in [0.25, 0.3) is 5.91 Å². The van der Waals surface area contributed by atoms with Crippen molar-refractivity contribution in [1.82, 2.24) is 9.29 Å². The number of aromatic nitrogens is 1. The summed E-state index contributed by atoms with van der Waals surface area (Å²) in [5.74, 6) is -0.130. The molecule has 27 heavy (non-hydrogen) atoms. The van der Waals surface area contributed by atoms with Crippen LogP contribution >= 0.6 is 15.9 Å². The summed E-state index contributed by atoms with van der Waals surface area (Å²) in [7, 11) is -3.47. The molecule has 1 aromatic carbocycles. The van der Waals surface area contributed by atoms with Gasteiger partial charge in [-0.15, -0.1) is 0 Å². The first-order valence-electron chi connectivity index (χ1n) is 9.02. The molecule has 0 saturated carbocycles. The topological polar surface area (TPSA) is 70.6 Å². The van der Waals surface area contributed by atoms with Gasteiger partial charge in [-0.2, -0.15) is 4.31 Å². The van der Waals surface area contributed by atoms with Crippen molar-refractivity contribution in [3.05, 3.63) is 52.3 Å². The van der Waals surface area contributed by atoms with Crippen molar-refractivity contribution in [2.75, 3.05) is 24.5 Å². The molecular weight excluding hydrogens is 430 g/mol. The second-order valence-corrected chi connectivity index (χ2v) is 9.71. The summed E-state index contributed by atoms with van der Waals surface area (Å²) in [5.41, 5.74) is 2.17. The first-order valence-corrected chi connectivity index (χ1v) is 11.3. The Hall–Kier alpha value is -1.77. The predicted molar refractivity (Wildman–Crippen MR) is 106 cm³/mol. The van der Waals surface area contributed by atoms with Crippen molar-refractivity contribution in [1.29, 1.82) is 0 Å². The van der Waals surface area contributed by atoms with Crippen LogP contribution in [0.1, 0.15) is 35.2 Å². The van der Waals surface area contributed by atoms with E-state index in [9.17, 15) is 13.2 Å². The molecule has 1 aromatic heterocycles. The van der Waals surface area contributed by atoms with Gasteiger partial charge in [0.05, 0.1) is 10.5 Å². The van der Waals surface area contributed by atoms with Crippen molar-refractivity contribution < 1.29 is 13.2 Å². The van der Waals surface area contributed by atoms with Gasteiger partial charge in [-0.3, -0.25) is 9.78 Å². The van der Waals surface area contributed by atoms with Crippen molar-refractivity contribution in [2.24, 2.45) is 0 Å². The van der Waals surface area contributed by atoms with E-state index in [1.165, 1.54) is 0 Å². The van der Waals surface area contributed by atoms with E-state index in [1.54, 1.807) is 45.9 Å². The Balaban J connectivity index is 1.62. The van der Waals surface area contributed by atoms with E-state index in [4.69, 9.17) is 0 Å². The molecule has 8 heteroatoms. The molecule has 4 rings (SSSR count). The molecule has 1 fully saturated rings. The molecule has 1 amide bonds. The number of pyridine rings is 1. The zero-order chi connectivity index (χ0) is 19.0. The molecule has 142 valence electrons. The standard InChI is InChI=1S/C19H20BrN3O3S/c20-16-10-15(12-21-13-16)19(24)23-9-6-14-11-17(4-5-18(14)23)27(25,26)22-7-2-1-3-8-22/h4-5,10-13H,1-3,6-9H2. The molecule has 2 aliphatic heterocycles. The zero-order valence-electron chi connectivity index (χ0n) is 14.8. The minimum atomic E-state index is -3.47. The van der Waals surface area contributed by atoms with E-state index in [1.807, 2.05) is 0 Å². The van der Waals surface area contributed by atoms with Crippen LogP contribution in [0.15, 0.2) is 46.0 Å². The molecule has 2 aromatic rings. The Kier molecular flexibility index (Phi) is 5.05. The fourth-order valence-electron chi connectivity index (χ4n) is 3.69. The average Bonchev–Trinajstić information content (AvgIpc) is 3.11. The lowest BCUT2D eigenvalue weighted by molar-refractivity contribution is 0.0989. The highest BCUT2D eigenvalue weighted by Gasteiger charge is 2.30. The maximum atomic E-state index is 12.9. The van der Waals surface area contributed by atoms with Crippen LogP contribution in [0.3, 0.4) is 0 Å². The number of benzene rings is 1. The normalized spacial score (nSPS) is 17.7. The first kappa shape index (κ1) is 18.6. The highest BCUT2D eigenvalue weighted by molar-refractivity contribution is 9.10. The molecule has 0 radical (unpaired) electrons. The van der Waals surface area contributed by atoms with Gasteiger partial charge in [0.1, 0.15) is 0 Å². The Morgan fingerprint density at radius 3 is 2.56 bits per heavy atom. The minimum Gasteiger partial charge on any atom is -0.308 e. The van der Waals surface area contributed by atoms with E-state index in [2.05, 4.69) is 20.9 Å². The smallest absolute Gasteiger partial charge is 0.259 e. The van der Waals surface area contributed by atoms with Gasteiger partial charge in [0.15, 0.2) is 0 Å². The van der Waals surface area contributed by atoms with Crippen molar-refractivity contribution in [3.8, 4) is 0 Å². The first-order chi connectivity index (χ1) is 13.0. The fraction of sp³-hybridized carbons (Fsp3) is 0.368. The van der Waals surface area contributed by atoms with Crippen LogP contribution in [0.4, 0.5) is 5.69 Å². The summed E-state index contributed by atoms with van der Waals surface area (Å²) in [4.78, 5) is 18.9. The number of rotatable bonds is 3. The molecule has 0 N–H and O–H groups in total. The number of halogens is 1. The van der Waals surface area contributed by atoms with Crippen LogP contribution in [-0.4, -0.2) is 43.2 Å². The Bertz CT molecular complexity index is 987. The Morgan fingerprint density at radius 2 is 1.81 bits per heavy atom. The summed E-state index contributed by atoms with van der Waals surface area (Å²) >= 11 is 3.34. The van der Waals surface area contributed by atoms with E-state index in [-0.39, 0.29) is 5.91 Å². The average molecular weight is 450 g/mol. The number of anilines is 1. The number of hydrogen-bond donors (Lipinski definition) is 0. The fourth-order valence-corrected chi connectivity index (χ4v) is 5.62. The monoisotopic (exact) mass is 449 g/mol. The summed E-state index contributed by atoms with van der Waals surface area (Å²) in [6, 6.07) is 6.84. The lowest BCUT2D eigenvalue weighted by Gasteiger charge is -2.26. The molecular formula is C19H20BrN3O3S. The van der Waals surface area contributed by atoms with Crippen molar-refractivity contribution in [3.63, 3.8) is 0 Å². The molecule has 0 atom stereocenters. The molecule has 1 saturated heterocycles. The quantitative estimate of drug-likeness (QED) is 0.720. The summed E-state index contributed by atoms with van der Waals surface area (Å²) < 4.78 is 28.1. The van der Waals surface area contributed by atoms with Crippen LogP contribution in [0.5, 0.6) is 0 Å². The molecule has 0 unspecified atom stereocenters. The third kappa shape index (κ3) is 3.53. The van der Waals surface area contributed by atoms with Crippen LogP contribution in [0.2, 0.25) is 0 Å². The lowest BCUT2D eigenvalue weighted by atomic mass is 10.2. The van der Waals surface area contributed by atoms with Gasteiger partial charge >= 0.3 is 0 Å². The van der Waals surface area contributed by atoms with Gasteiger partial charge in [-0.25, -0.2) is 8.42 Å². The predicted octanol–water partition coefficient (Wildman–Crippen LogP) is 3.22. The molecule has 0 bridgehead atoms. The van der Waals surface area contributed by atoms with Gasteiger partial charge in [-0.1, -0.05) is 6.42 Å². The Morgan fingerprint density at radius 1 is 1.04 bits per heavy atom.